The summed E-state index contributed by atoms with van der Waals surface area (Å²) in [6.07, 6.45) is 0.987. The number of rotatable bonds is 6. The molecule has 0 saturated carbocycles. The van der Waals surface area contributed by atoms with Gasteiger partial charge in [-0.3, -0.25) is 4.79 Å². The Labute approximate surface area is 130 Å². The van der Waals surface area contributed by atoms with Gasteiger partial charge in [0.25, 0.3) is 0 Å². The average molecular weight is 303 g/mol. The molecule has 1 amide bonds. The standard InChI is InChI=1S/C17H19ClN2O/c1-2-16(13-7-9-15(18)10-8-13)20-11-12-3-5-14(6-4-12)17(19)21/h3-10,16,20H,2,11H2,1H3,(H2,19,21). The van der Waals surface area contributed by atoms with E-state index in [0.717, 1.165) is 23.6 Å². The molecule has 2 aromatic rings. The Kier molecular flexibility index (Phi) is 5.37. The Morgan fingerprint density at radius 2 is 1.76 bits per heavy atom. The molecular formula is C17H19ClN2O. The molecular weight excluding hydrogens is 284 g/mol. The van der Waals surface area contributed by atoms with Crippen LogP contribution in [0, 0.1) is 0 Å². The Bertz CT molecular complexity index is 593. The van der Waals surface area contributed by atoms with Gasteiger partial charge in [-0.2, -0.15) is 0 Å². The van der Waals surface area contributed by atoms with Crippen LogP contribution in [0.15, 0.2) is 48.5 Å². The number of carbonyl (C=O) groups is 1. The van der Waals surface area contributed by atoms with Crippen LogP contribution in [0.2, 0.25) is 5.02 Å². The molecule has 3 N–H and O–H groups in total. The largest absolute Gasteiger partial charge is 0.366 e. The van der Waals surface area contributed by atoms with Gasteiger partial charge in [-0.15, -0.1) is 0 Å². The van der Waals surface area contributed by atoms with Crippen molar-refractivity contribution in [2.75, 3.05) is 0 Å². The molecule has 3 nitrogen and oxygen atoms in total. The number of hydrogen-bond donors (Lipinski definition) is 2. The number of nitrogens with one attached hydrogen (secondary N) is 1. The van der Waals surface area contributed by atoms with E-state index >= 15 is 0 Å². The molecule has 2 aromatic carbocycles. The summed E-state index contributed by atoms with van der Waals surface area (Å²) in [7, 11) is 0. The molecule has 0 bridgehead atoms. The summed E-state index contributed by atoms with van der Waals surface area (Å²) < 4.78 is 0. The van der Waals surface area contributed by atoms with Crippen LogP contribution in [0.3, 0.4) is 0 Å². The lowest BCUT2D eigenvalue weighted by atomic mass is 10.0. The first kappa shape index (κ1) is 15.5. The van der Waals surface area contributed by atoms with Crippen LogP contribution in [0.4, 0.5) is 0 Å². The van der Waals surface area contributed by atoms with Crippen LogP contribution in [0.1, 0.15) is 40.9 Å². The predicted octanol–water partition coefficient (Wildman–Crippen LogP) is 3.68. The van der Waals surface area contributed by atoms with Crippen molar-refractivity contribution in [1.82, 2.24) is 5.32 Å². The van der Waals surface area contributed by atoms with E-state index in [4.69, 9.17) is 17.3 Å². The zero-order valence-electron chi connectivity index (χ0n) is 12.0. The van der Waals surface area contributed by atoms with Crippen LogP contribution in [-0.2, 0) is 6.54 Å². The van der Waals surface area contributed by atoms with Crippen LogP contribution >= 0.6 is 11.6 Å². The lowest BCUT2D eigenvalue weighted by molar-refractivity contribution is 0.100. The quantitative estimate of drug-likeness (QED) is 0.855. The van der Waals surface area contributed by atoms with Crippen molar-refractivity contribution < 1.29 is 4.79 Å². The van der Waals surface area contributed by atoms with Gasteiger partial charge in [0, 0.05) is 23.2 Å². The van der Waals surface area contributed by atoms with Crippen molar-refractivity contribution >= 4 is 17.5 Å². The van der Waals surface area contributed by atoms with E-state index in [0.29, 0.717) is 5.56 Å². The van der Waals surface area contributed by atoms with E-state index in [1.165, 1.54) is 5.56 Å². The molecule has 0 aliphatic rings. The maximum Gasteiger partial charge on any atom is 0.248 e. The third-order valence-corrected chi connectivity index (χ3v) is 3.72. The number of nitrogens with two attached hydrogens (primary N) is 1. The Morgan fingerprint density at radius 1 is 1.14 bits per heavy atom. The SMILES string of the molecule is CCC(NCc1ccc(C(N)=O)cc1)c1ccc(Cl)cc1. The van der Waals surface area contributed by atoms with Gasteiger partial charge in [0.15, 0.2) is 0 Å². The Hall–Kier alpha value is -1.84. The minimum absolute atomic E-state index is 0.276. The molecule has 0 spiro atoms. The van der Waals surface area contributed by atoms with E-state index < -0.39 is 5.91 Å². The van der Waals surface area contributed by atoms with Crippen molar-refractivity contribution in [2.45, 2.75) is 25.9 Å². The molecule has 0 radical (unpaired) electrons. The first-order chi connectivity index (χ1) is 10.1. The second kappa shape index (κ2) is 7.25. The summed E-state index contributed by atoms with van der Waals surface area (Å²) >= 11 is 5.91. The van der Waals surface area contributed by atoms with E-state index in [1.54, 1.807) is 12.1 Å². The summed E-state index contributed by atoms with van der Waals surface area (Å²) in [6.45, 7) is 2.88. The molecule has 0 heterocycles. The second-order valence-electron chi connectivity index (χ2n) is 4.95. The molecule has 0 aromatic heterocycles. The molecule has 2 rings (SSSR count). The predicted molar refractivity (Wildman–Crippen MR) is 86.3 cm³/mol. The van der Waals surface area contributed by atoms with Crippen LogP contribution in [0.25, 0.3) is 0 Å². The third-order valence-electron chi connectivity index (χ3n) is 3.47. The number of hydrogen-bond acceptors (Lipinski definition) is 2. The van der Waals surface area contributed by atoms with Gasteiger partial charge in [-0.1, -0.05) is 42.8 Å². The van der Waals surface area contributed by atoms with Gasteiger partial charge < -0.3 is 11.1 Å². The molecule has 110 valence electrons. The lowest BCUT2D eigenvalue weighted by Crippen LogP contribution is -2.20. The number of benzene rings is 2. The summed E-state index contributed by atoms with van der Waals surface area (Å²) in [5, 5.41) is 4.26. The molecule has 0 aliphatic heterocycles. The minimum atomic E-state index is -0.401. The van der Waals surface area contributed by atoms with Gasteiger partial charge in [0.05, 0.1) is 0 Å². The molecule has 1 atom stereocenters. The highest BCUT2D eigenvalue weighted by Gasteiger charge is 2.08. The second-order valence-corrected chi connectivity index (χ2v) is 5.39. The smallest absolute Gasteiger partial charge is 0.248 e. The fraction of sp³-hybridized carbons (Fsp3) is 0.235. The molecule has 4 heteroatoms. The van der Waals surface area contributed by atoms with E-state index in [-0.39, 0.29) is 6.04 Å². The molecule has 0 saturated heterocycles. The molecule has 0 aliphatic carbocycles. The van der Waals surface area contributed by atoms with Crippen molar-refractivity contribution in [3.63, 3.8) is 0 Å². The molecule has 0 fully saturated rings. The fourth-order valence-corrected chi connectivity index (χ4v) is 2.35. The Balaban J connectivity index is 1.99. The number of carbonyl (C=O) groups excluding carboxylic acids is 1. The average Bonchev–Trinajstić information content (AvgIpc) is 2.50. The zero-order chi connectivity index (χ0) is 15.2. The topological polar surface area (TPSA) is 55.1 Å². The summed E-state index contributed by atoms with van der Waals surface area (Å²) in [5.74, 6) is -0.401. The highest BCUT2D eigenvalue weighted by Crippen LogP contribution is 2.19. The monoisotopic (exact) mass is 302 g/mol. The zero-order valence-corrected chi connectivity index (χ0v) is 12.7. The highest BCUT2D eigenvalue weighted by atomic mass is 35.5. The summed E-state index contributed by atoms with van der Waals surface area (Å²) in [5.41, 5.74) is 8.10. The van der Waals surface area contributed by atoms with Gasteiger partial charge >= 0.3 is 0 Å². The van der Waals surface area contributed by atoms with Gasteiger partial charge in [0.2, 0.25) is 5.91 Å². The van der Waals surface area contributed by atoms with Crippen LogP contribution in [-0.4, -0.2) is 5.91 Å². The lowest BCUT2D eigenvalue weighted by Gasteiger charge is -2.17. The minimum Gasteiger partial charge on any atom is -0.366 e. The Morgan fingerprint density at radius 3 is 2.29 bits per heavy atom. The molecule has 1 unspecified atom stereocenters. The van der Waals surface area contributed by atoms with Gasteiger partial charge in [-0.25, -0.2) is 0 Å². The highest BCUT2D eigenvalue weighted by molar-refractivity contribution is 6.30. The fourth-order valence-electron chi connectivity index (χ4n) is 2.22. The molecule has 21 heavy (non-hydrogen) atoms. The van der Waals surface area contributed by atoms with Crippen LogP contribution in [0.5, 0.6) is 0 Å². The maximum absolute atomic E-state index is 11.0. The number of amides is 1. The van der Waals surface area contributed by atoms with Crippen molar-refractivity contribution in [3.05, 3.63) is 70.2 Å². The van der Waals surface area contributed by atoms with Crippen LogP contribution < -0.4 is 11.1 Å². The van der Waals surface area contributed by atoms with Crippen molar-refractivity contribution in [3.8, 4) is 0 Å². The third kappa shape index (κ3) is 4.31. The summed E-state index contributed by atoms with van der Waals surface area (Å²) in [6, 6.07) is 15.5. The van der Waals surface area contributed by atoms with E-state index in [9.17, 15) is 4.79 Å². The van der Waals surface area contributed by atoms with Crippen molar-refractivity contribution in [2.24, 2.45) is 5.73 Å². The number of halogens is 1. The van der Waals surface area contributed by atoms with E-state index in [1.807, 2.05) is 36.4 Å². The summed E-state index contributed by atoms with van der Waals surface area (Å²) in [4.78, 5) is 11.0. The van der Waals surface area contributed by atoms with Gasteiger partial charge in [-0.05, 0) is 41.8 Å². The van der Waals surface area contributed by atoms with E-state index in [2.05, 4.69) is 12.2 Å². The first-order valence-corrected chi connectivity index (χ1v) is 7.35. The number of primary amides is 1. The van der Waals surface area contributed by atoms with Gasteiger partial charge in [0.1, 0.15) is 0 Å². The normalized spacial score (nSPS) is 12.1. The maximum atomic E-state index is 11.0. The first-order valence-electron chi connectivity index (χ1n) is 6.97. The van der Waals surface area contributed by atoms with Crippen molar-refractivity contribution in [1.29, 1.82) is 0 Å².